The van der Waals surface area contributed by atoms with E-state index in [0.29, 0.717) is 5.92 Å². The van der Waals surface area contributed by atoms with Crippen LogP contribution in [0.3, 0.4) is 0 Å². The van der Waals surface area contributed by atoms with Gasteiger partial charge >= 0.3 is 5.97 Å². The summed E-state index contributed by atoms with van der Waals surface area (Å²) in [5.74, 6) is 0.216. The Kier molecular flexibility index (Phi) is 7.29. The Hall–Kier alpha value is -1.69. The van der Waals surface area contributed by atoms with Gasteiger partial charge in [0.05, 0.1) is 6.61 Å². The van der Waals surface area contributed by atoms with Crippen LogP contribution in [-0.4, -0.2) is 41.8 Å². The second-order valence-corrected chi connectivity index (χ2v) is 10.1. The third-order valence-corrected chi connectivity index (χ3v) is 7.69. The van der Waals surface area contributed by atoms with Gasteiger partial charge < -0.3 is 19.7 Å². The molecule has 0 heterocycles. The van der Waals surface area contributed by atoms with Crippen LogP contribution in [0, 0.1) is 11.3 Å². The van der Waals surface area contributed by atoms with Gasteiger partial charge in [-0.1, -0.05) is 58.9 Å². The van der Waals surface area contributed by atoms with E-state index < -0.39 is 23.8 Å². The Labute approximate surface area is 186 Å². The van der Waals surface area contributed by atoms with Crippen LogP contribution < -0.4 is 0 Å². The first-order valence-electron chi connectivity index (χ1n) is 11.5. The molecule has 31 heavy (non-hydrogen) atoms. The topological polar surface area (TPSA) is 76.0 Å². The van der Waals surface area contributed by atoms with Crippen LogP contribution in [0.15, 0.2) is 30.9 Å². The highest BCUT2D eigenvalue weighted by Crippen LogP contribution is 2.58. The molecule has 2 aliphatic rings. The second kappa shape index (κ2) is 9.43. The standard InChI is InChI=1S/C26H38O5/c1-6-23(28)30-15-20(27)16-31-24(29)26(5)13-7-12-25(4)21-10-8-18(17(2)3)14-19(21)9-11-22(25)26/h6,8,10,14,17,20,22,24,27,29H,1,7,9,11-13,15-16H2,2-5H3. The van der Waals surface area contributed by atoms with Crippen LogP contribution in [-0.2, 0) is 26.1 Å². The first-order valence-corrected chi connectivity index (χ1v) is 11.5. The highest BCUT2D eigenvalue weighted by Gasteiger charge is 2.55. The van der Waals surface area contributed by atoms with Gasteiger partial charge in [0.1, 0.15) is 12.7 Å². The van der Waals surface area contributed by atoms with Gasteiger partial charge in [0.15, 0.2) is 6.29 Å². The molecule has 1 aromatic rings. The van der Waals surface area contributed by atoms with Crippen molar-refractivity contribution in [2.45, 2.75) is 83.5 Å². The molecule has 5 atom stereocenters. The predicted octanol–water partition coefficient (Wildman–Crippen LogP) is 4.25. The summed E-state index contributed by atoms with van der Waals surface area (Å²) < 4.78 is 10.6. The molecule has 0 bridgehead atoms. The first-order chi connectivity index (χ1) is 14.6. The lowest BCUT2D eigenvalue weighted by molar-refractivity contribution is -0.220. The maximum absolute atomic E-state index is 11.2. The smallest absolute Gasteiger partial charge is 0.330 e. The molecule has 2 N–H and O–H groups in total. The average molecular weight is 431 g/mol. The van der Waals surface area contributed by atoms with Gasteiger partial charge in [0, 0.05) is 11.5 Å². The molecule has 0 amide bonds. The summed E-state index contributed by atoms with van der Waals surface area (Å²) >= 11 is 0. The molecule has 5 nitrogen and oxygen atoms in total. The molecule has 1 aromatic carbocycles. The van der Waals surface area contributed by atoms with Crippen LogP contribution in [0.5, 0.6) is 0 Å². The molecule has 0 aliphatic heterocycles. The Bertz CT molecular complexity index is 803. The number of aliphatic hydroxyl groups is 2. The molecule has 2 aliphatic carbocycles. The van der Waals surface area contributed by atoms with Gasteiger partial charge in [-0.25, -0.2) is 4.79 Å². The minimum absolute atomic E-state index is 0.00145. The lowest BCUT2D eigenvalue weighted by Gasteiger charge is -2.56. The number of fused-ring (bicyclic) bond motifs is 3. The first kappa shape index (κ1) is 24.0. The monoisotopic (exact) mass is 430 g/mol. The third kappa shape index (κ3) is 4.74. The van der Waals surface area contributed by atoms with Crippen molar-refractivity contribution in [1.82, 2.24) is 0 Å². The molecule has 5 unspecified atom stereocenters. The largest absolute Gasteiger partial charge is 0.460 e. The maximum Gasteiger partial charge on any atom is 0.330 e. The van der Waals surface area contributed by atoms with Crippen molar-refractivity contribution in [2.75, 3.05) is 13.2 Å². The normalized spacial score (nSPS) is 29.6. The number of benzene rings is 1. The van der Waals surface area contributed by atoms with Crippen molar-refractivity contribution in [3.63, 3.8) is 0 Å². The Morgan fingerprint density at radius 1 is 1.26 bits per heavy atom. The molecule has 0 saturated heterocycles. The molecule has 3 rings (SSSR count). The minimum atomic E-state index is -0.988. The summed E-state index contributed by atoms with van der Waals surface area (Å²) in [6.45, 7) is 12.0. The number of ether oxygens (including phenoxy) is 2. The Morgan fingerprint density at radius 2 is 2.00 bits per heavy atom. The zero-order valence-corrected chi connectivity index (χ0v) is 19.4. The fourth-order valence-electron chi connectivity index (χ4n) is 5.89. The zero-order valence-electron chi connectivity index (χ0n) is 19.4. The lowest BCUT2D eigenvalue weighted by Crippen LogP contribution is -2.54. The van der Waals surface area contributed by atoms with Crippen molar-refractivity contribution in [3.05, 3.63) is 47.5 Å². The maximum atomic E-state index is 11.2. The van der Waals surface area contributed by atoms with Gasteiger partial charge in [0.2, 0.25) is 0 Å². The van der Waals surface area contributed by atoms with Gasteiger partial charge in [-0.05, 0) is 59.6 Å². The highest BCUT2D eigenvalue weighted by atomic mass is 16.6. The van der Waals surface area contributed by atoms with E-state index in [1.807, 2.05) is 0 Å². The second-order valence-electron chi connectivity index (χ2n) is 10.1. The third-order valence-electron chi connectivity index (χ3n) is 7.69. The van der Waals surface area contributed by atoms with E-state index in [1.165, 1.54) is 16.7 Å². The van der Waals surface area contributed by atoms with Gasteiger partial charge in [-0.15, -0.1) is 0 Å². The van der Waals surface area contributed by atoms with Gasteiger partial charge in [-0.2, -0.15) is 0 Å². The molecule has 0 radical (unpaired) electrons. The van der Waals surface area contributed by atoms with Crippen LogP contribution in [0.4, 0.5) is 0 Å². The number of aliphatic hydroxyl groups excluding tert-OH is 2. The molecule has 0 spiro atoms. The summed E-state index contributed by atoms with van der Waals surface area (Å²) in [6.07, 6.45) is 4.12. The predicted molar refractivity (Wildman–Crippen MR) is 121 cm³/mol. The quantitative estimate of drug-likeness (QED) is 0.366. The summed E-state index contributed by atoms with van der Waals surface area (Å²) in [4.78, 5) is 11.2. The van der Waals surface area contributed by atoms with E-state index in [0.717, 1.165) is 38.2 Å². The summed E-state index contributed by atoms with van der Waals surface area (Å²) in [6, 6.07) is 6.95. The van der Waals surface area contributed by atoms with Crippen LogP contribution in [0.1, 0.15) is 76.0 Å². The van der Waals surface area contributed by atoms with E-state index in [1.54, 1.807) is 0 Å². The molecule has 1 saturated carbocycles. The van der Waals surface area contributed by atoms with E-state index in [9.17, 15) is 15.0 Å². The zero-order chi connectivity index (χ0) is 22.8. The summed E-state index contributed by atoms with van der Waals surface area (Å²) in [7, 11) is 0. The van der Waals surface area contributed by atoms with Crippen molar-refractivity contribution in [1.29, 1.82) is 0 Å². The summed E-state index contributed by atoms with van der Waals surface area (Å²) in [5, 5.41) is 21.1. The number of aryl methyl sites for hydroxylation is 1. The van der Waals surface area contributed by atoms with E-state index in [2.05, 4.69) is 52.5 Å². The number of carbonyl (C=O) groups excluding carboxylic acids is 1. The van der Waals surface area contributed by atoms with Crippen molar-refractivity contribution in [2.24, 2.45) is 11.3 Å². The van der Waals surface area contributed by atoms with Crippen LogP contribution >= 0.6 is 0 Å². The number of hydrogen-bond acceptors (Lipinski definition) is 5. The fourth-order valence-corrected chi connectivity index (χ4v) is 5.89. The van der Waals surface area contributed by atoms with Crippen LogP contribution in [0.2, 0.25) is 0 Å². The molecule has 172 valence electrons. The number of carbonyl (C=O) groups is 1. The Morgan fingerprint density at radius 3 is 2.68 bits per heavy atom. The van der Waals surface area contributed by atoms with Gasteiger partial charge in [0.25, 0.3) is 0 Å². The highest BCUT2D eigenvalue weighted by molar-refractivity contribution is 5.81. The van der Waals surface area contributed by atoms with E-state index in [-0.39, 0.29) is 24.5 Å². The molecule has 0 aromatic heterocycles. The minimum Gasteiger partial charge on any atom is -0.460 e. The van der Waals surface area contributed by atoms with E-state index in [4.69, 9.17) is 9.47 Å². The summed E-state index contributed by atoms with van der Waals surface area (Å²) in [5.41, 5.74) is 3.85. The molecular formula is C26H38O5. The molecule has 5 heteroatoms. The van der Waals surface area contributed by atoms with E-state index >= 15 is 0 Å². The van der Waals surface area contributed by atoms with Gasteiger partial charge in [-0.3, -0.25) is 0 Å². The average Bonchev–Trinajstić information content (AvgIpc) is 2.75. The number of hydrogen-bond donors (Lipinski definition) is 2. The molecular weight excluding hydrogens is 392 g/mol. The van der Waals surface area contributed by atoms with Crippen LogP contribution in [0.25, 0.3) is 0 Å². The SMILES string of the molecule is C=CC(=O)OCC(O)COC(O)C1(C)CCCC2(C)c3ccc(C(C)C)cc3CCC21. The molecule has 1 fully saturated rings. The van der Waals surface area contributed by atoms with Crippen molar-refractivity contribution < 1.29 is 24.5 Å². The van der Waals surface area contributed by atoms with Crippen molar-refractivity contribution in [3.8, 4) is 0 Å². The fraction of sp³-hybridized carbons (Fsp3) is 0.654. The lowest BCUT2D eigenvalue weighted by atomic mass is 9.49. The van der Waals surface area contributed by atoms with Crippen molar-refractivity contribution >= 4 is 5.97 Å². The Balaban J connectivity index is 1.74. The number of rotatable bonds is 8. The number of esters is 1.